The van der Waals surface area contributed by atoms with Crippen molar-refractivity contribution in [2.45, 2.75) is 18.1 Å². The monoisotopic (exact) mass is 174 g/mol. The van der Waals surface area contributed by atoms with Crippen LogP contribution >= 0.6 is 11.6 Å². The van der Waals surface area contributed by atoms with Gasteiger partial charge >= 0.3 is 0 Å². The second-order valence-corrected chi connectivity index (χ2v) is 3.02. The molecule has 0 fully saturated rings. The Morgan fingerprint density at radius 2 is 2.09 bits per heavy atom. The second-order valence-electron chi connectivity index (χ2n) is 2.58. The Labute approximate surface area is 70.8 Å². The average molecular weight is 175 g/mol. The van der Waals surface area contributed by atoms with Crippen molar-refractivity contribution in [2.75, 3.05) is 0 Å². The first-order valence-corrected chi connectivity index (χ1v) is 3.99. The van der Waals surface area contributed by atoms with Crippen LogP contribution in [0.25, 0.3) is 0 Å². The van der Waals surface area contributed by atoms with Crippen LogP contribution in [-0.4, -0.2) is 21.9 Å². The lowest BCUT2D eigenvalue weighted by Gasteiger charge is -2.20. The van der Waals surface area contributed by atoms with E-state index in [4.69, 9.17) is 16.7 Å². The van der Waals surface area contributed by atoms with E-state index in [0.29, 0.717) is 0 Å². The standard InChI is InChI=1S/C8H11ClO2/c9-8(11)7(10)6-4-2-1-3-5-6/h1-4,6-8,10-11H,5H2. The first kappa shape index (κ1) is 8.78. The fourth-order valence-electron chi connectivity index (χ4n) is 1.06. The molecule has 1 rings (SSSR count). The van der Waals surface area contributed by atoms with Gasteiger partial charge in [0.25, 0.3) is 0 Å². The number of aliphatic hydroxyl groups excluding tert-OH is 2. The van der Waals surface area contributed by atoms with E-state index in [-0.39, 0.29) is 5.92 Å². The van der Waals surface area contributed by atoms with Crippen LogP contribution in [-0.2, 0) is 0 Å². The minimum Gasteiger partial charge on any atom is -0.388 e. The zero-order valence-electron chi connectivity index (χ0n) is 6.02. The van der Waals surface area contributed by atoms with Crippen molar-refractivity contribution in [3.8, 4) is 0 Å². The number of rotatable bonds is 2. The largest absolute Gasteiger partial charge is 0.388 e. The maximum atomic E-state index is 9.28. The quantitative estimate of drug-likeness (QED) is 0.615. The van der Waals surface area contributed by atoms with E-state index in [9.17, 15) is 5.11 Å². The molecule has 0 bridgehead atoms. The molecule has 0 amide bonds. The number of hydrogen-bond acceptors (Lipinski definition) is 2. The highest BCUT2D eigenvalue weighted by Crippen LogP contribution is 2.19. The number of hydrogen-bond donors (Lipinski definition) is 2. The molecule has 1 aliphatic carbocycles. The molecular weight excluding hydrogens is 164 g/mol. The summed E-state index contributed by atoms with van der Waals surface area (Å²) in [7, 11) is 0. The van der Waals surface area contributed by atoms with Crippen molar-refractivity contribution < 1.29 is 10.2 Å². The van der Waals surface area contributed by atoms with E-state index in [1.165, 1.54) is 0 Å². The van der Waals surface area contributed by atoms with Gasteiger partial charge in [0.2, 0.25) is 0 Å². The van der Waals surface area contributed by atoms with E-state index in [2.05, 4.69) is 0 Å². The molecule has 0 aromatic rings. The minimum absolute atomic E-state index is 0.0486. The van der Waals surface area contributed by atoms with E-state index in [0.717, 1.165) is 6.42 Å². The van der Waals surface area contributed by atoms with Crippen LogP contribution in [0.1, 0.15) is 6.42 Å². The lowest BCUT2D eigenvalue weighted by atomic mass is 9.95. The van der Waals surface area contributed by atoms with Crippen LogP contribution in [0.2, 0.25) is 0 Å². The van der Waals surface area contributed by atoms with Crippen LogP contribution < -0.4 is 0 Å². The minimum atomic E-state index is -1.17. The molecular formula is C8H11ClO2. The van der Waals surface area contributed by atoms with Gasteiger partial charge in [0.05, 0.1) is 0 Å². The Kier molecular flexibility index (Phi) is 3.12. The molecule has 0 aromatic carbocycles. The van der Waals surface area contributed by atoms with E-state index >= 15 is 0 Å². The summed E-state index contributed by atoms with van der Waals surface area (Å²) in [5, 5.41) is 18.1. The summed E-state index contributed by atoms with van der Waals surface area (Å²) in [6.07, 6.45) is 7.41. The average Bonchev–Trinajstić information content (AvgIpc) is 2.05. The number of alkyl halides is 1. The highest BCUT2D eigenvalue weighted by Gasteiger charge is 2.22. The summed E-state index contributed by atoms with van der Waals surface area (Å²) in [5.74, 6) is -0.0486. The molecule has 0 aliphatic heterocycles. The summed E-state index contributed by atoms with van der Waals surface area (Å²) in [6, 6.07) is 0. The predicted molar refractivity (Wildman–Crippen MR) is 44.3 cm³/mol. The van der Waals surface area contributed by atoms with E-state index in [1.54, 1.807) is 0 Å². The van der Waals surface area contributed by atoms with Crippen molar-refractivity contribution >= 4 is 11.6 Å². The van der Waals surface area contributed by atoms with Crippen molar-refractivity contribution in [1.29, 1.82) is 0 Å². The van der Waals surface area contributed by atoms with Gasteiger partial charge in [0.1, 0.15) is 6.10 Å². The van der Waals surface area contributed by atoms with Gasteiger partial charge in [-0.2, -0.15) is 0 Å². The topological polar surface area (TPSA) is 40.5 Å². The third-order valence-electron chi connectivity index (χ3n) is 1.73. The van der Waals surface area contributed by atoms with Crippen LogP contribution in [0.3, 0.4) is 0 Å². The molecule has 3 heteroatoms. The van der Waals surface area contributed by atoms with Crippen molar-refractivity contribution in [1.82, 2.24) is 0 Å². The van der Waals surface area contributed by atoms with Crippen LogP contribution in [0.15, 0.2) is 24.3 Å². The molecule has 1 aliphatic rings. The Morgan fingerprint density at radius 3 is 2.55 bits per heavy atom. The summed E-state index contributed by atoms with van der Waals surface area (Å²) >= 11 is 5.31. The fraction of sp³-hybridized carbons (Fsp3) is 0.500. The molecule has 11 heavy (non-hydrogen) atoms. The lowest BCUT2D eigenvalue weighted by Crippen LogP contribution is -2.28. The lowest BCUT2D eigenvalue weighted by molar-refractivity contribution is 0.0397. The second kappa shape index (κ2) is 3.90. The Hall–Kier alpha value is -0.310. The third kappa shape index (κ3) is 2.33. The van der Waals surface area contributed by atoms with E-state index in [1.807, 2.05) is 24.3 Å². The SMILES string of the molecule is OC(Cl)C(O)C1C=CC=CC1. The molecule has 3 unspecified atom stereocenters. The molecule has 0 aromatic heterocycles. The molecule has 3 atom stereocenters. The van der Waals surface area contributed by atoms with Gasteiger partial charge in [0, 0.05) is 5.92 Å². The van der Waals surface area contributed by atoms with Crippen molar-refractivity contribution in [3.05, 3.63) is 24.3 Å². The summed E-state index contributed by atoms with van der Waals surface area (Å²) < 4.78 is 0. The van der Waals surface area contributed by atoms with Crippen molar-refractivity contribution in [3.63, 3.8) is 0 Å². The molecule has 2 N–H and O–H groups in total. The molecule has 0 saturated heterocycles. The maximum Gasteiger partial charge on any atom is 0.154 e. The van der Waals surface area contributed by atoms with E-state index < -0.39 is 11.7 Å². The zero-order chi connectivity index (χ0) is 8.27. The van der Waals surface area contributed by atoms with Gasteiger partial charge in [-0.1, -0.05) is 35.9 Å². The Bertz CT molecular complexity index is 175. The van der Waals surface area contributed by atoms with Gasteiger partial charge < -0.3 is 10.2 Å². The molecule has 62 valence electrons. The Morgan fingerprint density at radius 1 is 1.36 bits per heavy atom. The normalized spacial score (nSPS) is 28.5. The molecule has 0 heterocycles. The summed E-state index contributed by atoms with van der Waals surface area (Å²) in [4.78, 5) is 0. The number of aliphatic hydroxyl groups is 2. The van der Waals surface area contributed by atoms with Crippen LogP contribution in [0.5, 0.6) is 0 Å². The maximum absolute atomic E-state index is 9.28. The molecule has 0 radical (unpaired) electrons. The van der Waals surface area contributed by atoms with Gasteiger partial charge in [-0.05, 0) is 6.42 Å². The van der Waals surface area contributed by atoms with Crippen molar-refractivity contribution in [2.24, 2.45) is 5.92 Å². The highest BCUT2D eigenvalue weighted by atomic mass is 35.5. The van der Waals surface area contributed by atoms with Gasteiger partial charge in [-0.25, -0.2) is 0 Å². The zero-order valence-corrected chi connectivity index (χ0v) is 6.78. The molecule has 0 saturated carbocycles. The first-order valence-electron chi connectivity index (χ1n) is 3.55. The smallest absolute Gasteiger partial charge is 0.154 e. The fourth-order valence-corrected chi connectivity index (χ4v) is 1.24. The third-order valence-corrected chi connectivity index (χ3v) is 1.99. The highest BCUT2D eigenvalue weighted by molar-refractivity contribution is 6.19. The van der Waals surface area contributed by atoms with Gasteiger partial charge in [-0.15, -0.1) is 0 Å². The number of halogens is 1. The summed E-state index contributed by atoms with van der Waals surface area (Å²) in [5.41, 5.74) is -1.17. The first-order chi connectivity index (χ1) is 5.22. The Balaban J connectivity index is 2.48. The summed E-state index contributed by atoms with van der Waals surface area (Å²) in [6.45, 7) is 0. The molecule has 2 nitrogen and oxygen atoms in total. The van der Waals surface area contributed by atoms with Crippen LogP contribution in [0.4, 0.5) is 0 Å². The number of allylic oxidation sites excluding steroid dienone is 3. The predicted octanol–water partition coefficient (Wildman–Crippen LogP) is 1.04. The van der Waals surface area contributed by atoms with Crippen LogP contribution in [0, 0.1) is 5.92 Å². The molecule has 0 spiro atoms. The van der Waals surface area contributed by atoms with Gasteiger partial charge in [-0.3, -0.25) is 0 Å². The van der Waals surface area contributed by atoms with Gasteiger partial charge in [0.15, 0.2) is 5.56 Å².